The lowest BCUT2D eigenvalue weighted by molar-refractivity contribution is 0.229. The zero-order chi connectivity index (χ0) is 15.7. The van der Waals surface area contributed by atoms with Gasteiger partial charge in [0.05, 0.1) is 11.1 Å². The van der Waals surface area contributed by atoms with Crippen molar-refractivity contribution in [2.75, 3.05) is 0 Å². The Kier molecular flexibility index (Phi) is 3.97. The minimum atomic E-state index is -0.388. The fraction of sp³-hybridized carbons (Fsp3) is 0.294. The van der Waals surface area contributed by atoms with Crippen molar-refractivity contribution in [3.63, 3.8) is 0 Å². The van der Waals surface area contributed by atoms with Crippen LogP contribution in [0.25, 0.3) is 11.5 Å². The van der Waals surface area contributed by atoms with Crippen molar-refractivity contribution in [1.82, 2.24) is 10.1 Å². The lowest BCUT2D eigenvalue weighted by Crippen LogP contribution is -2.44. The summed E-state index contributed by atoms with van der Waals surface area (Å²) in [4.78, 5) is 7.07. The molecule has 0 amide bonds. The van der Waals surface area contributed by atoms with Crippen LogP contribution in [0.4, 0.5) is 0 Å². The molecular formula is C17H17N3OS2. The molecule has 0 unspecified atom stereocenters. The molecule has 2 heterocycles. The summed E-state index contributed by atoms with van der Waals surface area (Å²) in [5.41, 5.74) is 6.88. The topological polar surface area (TPSA) is 64.9 Å². The van der Waals surface area contributed by atoms with Crippen LogP contribution in [0.1, 0.15) is 30.0 Å². The van der Waals surface area contributed by atoms with Crippen LogP contribution in [0, 0.1) is 0 Å². The third-order valence-corrected chi connectivity index (χ3v) is 6.37. The summed E-state index contributed by atoms with van der Waals surface area (Å²) in [6.07, 6.45) is 3.00. The second-order valence-corrected chi connectivity index (χ2v) is 7.85. The number of benzene rings is 1. The molecule has 6 heteroatoms. The zero-order valence-corrected chi connectivity index (χ0v) is 14.2. The van der Waals surface area contributed by atoms with E-state index in [1.807, 2.05) is 18.2 Å². The van der Waals surface area contributed by atoms with Crippen molar-refractivity contribution in [1.29, 1.82) is 0 Å². The molecule has 1 aliphatic rings. The van der Waals surface area contributed by atoms with Crippen LogP contribution in [0.3, 0.4) is 0 Å². The molecule has 0 saturated heterocycles. The fourth-order valence-corrected chi connectivity index (χ4v) is 4.45. The van der Waals surface area contributed by atoms with Gasteiger partial charge in [-0.05, 0) is 42.8 Å². The van der Waals surface area contributed by atoms with Crippen LogP contribution in [0.2, 0.25) is 0 Å². The summed E-state index contributed by atoms with van der Waals surface area (Å²) in [6.45, 7) is 0. The molecule has 0 radical (unpaired) electrons. The minimum Gasteiger partial charge on any atom is -0.334 e. The van der Waals surface area contributed by atoms with Gasteiger partial charge >= 0.3 is 0 Å². The highest BCUT2D eigenvalue weighted by Gasteiger charge is 2.39. The first-order valence-corrected chi connectivity index (χ1v) is 9.49. The maximum absolute atomic E-state index is 6.29. The third-order valence-electron chi connectivity index (χ3n) is 4.18. The van der Waals surface area contributed by atoms with Crippen LogP contribution >= 0.6 is 23.1 Å². The summed E-state index contributed by atoms with van der Waals surface area (Å²) in [5, 5.41) is 6.22. The second-order valence-electron chi connectivity index (χ2n) is 5.80. The predicted octanol–water partition coefficient (Wildman–Crippen LogP) is 4.43. The van der Waals surface area contributed by atoms with Gasteiger partial charge in [-0.25, -0.2) is 0 Å². The smallest absolute Gasteiger partial charge is 0.259 e. The van der Waals surface area contributed by atoms with Gasteiger partial charge in [0.1, 0.15) is 0 Å². The number of thioether (sulfide) groups is 1. The molecule has 1 saturated carbocycles. The first-order chi connectivity index (χ1) is 11.2. The predicted molar refractivity (Wildman–Crippen MR) is 93.3 cm³/mol. The summed E-state index contributed by atoms with van der Waals surface area (Å²) in [6, 6.07) is 12.4. The normalized spacial score (nSPS) is 16.2. The van der Waals surface area contributed by atoms with Crippen LogP contribution < -0.4 is 5.73 Å². The second kappa shape index (κ2) is 6.11. The van der Waals surface area contributed by atoms with E-state index in [0.717, 1.165) is 35.5 Å². The fourth-order valence-electron chi connectivity index (χ4n) is 2.63. The van der Waals surface area contributed by atoms with Gasteiger partial charge in [-0.2, -0.15) is 4.98 Å². The van der Waals surface area contributed by atoms with Gasteiger partial charge in [0.25, 0.3) is 5.89 Å². The molecule has 0 bridgehead atoms. The average Bonchev–Trinajstić information content (AvgIpc) is 3.22. The van der Waals surface area contributed by atoms with Gasteiger partial charge < -0.3 is 10.3 Å². The standard InChI is InChI=1S/C17H17N3OS2/c18-17(8-4-9-17)16-19-15(21-20-16)13-6-1-2-7-14(13)23-11-12-5-3-10-22-12/h1-3,5-7,10H,4,8-9,11,18H2. The molecule has 4 rings (SSSR count). The number of hydrogen-bond acceptors (Lipinski definition) is 6. The van der Waals surface area contributed by atoms with Crippen molar-refractivity contribution >= 4 is 23.1 Å². The van der Waals surface area contributed by atoms with Gasteiger partial charge in [-0.1, -0.05) is 23.4 Å². The number of rotatable bonds is 5. The summed E-state index contributed by atoms with van der Waals surface area (Å²) >= 11 is 3.56. The SMILES string of the molecule is NC1(c2noc(-c3ccccc3SCc3cccs3)n2)CCC1. The van der Waals surface area contributed by atoms with Crippen molar-refractivity contribution in [2.24, 2.45) is 5.73 Å². The van der Waals surface area contributed by atoms with Crippen molar-refractivity contribution in [3.05, 3.63) is 52.5 Å². The Labute approximate surface area is 143 Å². The molecule has 1 fully saturated rings. The number of aromatic nitrogens is 2. The van der Waals surface area contributed by atoms with Crippen molar-refractivity contribution < 1.29 is 4.52 Å². The molecule has 2 N–H and O–H groups in total. The van der Waals surface area contributed by atoms with E-state index < -0.39 is 0 Å². The van der Waals surface area contributed by atoms with Crippen molar-refractivity contribution in [2.45, 2.75) is 35.4 Å². The maximum atomic E-state index is 6.29. The molecule has 2 aromatic heterocycles. The van der Waals surface area contributed by atoms with E-state index in [4.69, 9.17) is 10.3 Å². The lowest BCUT2D eigenvalue weighted by Gasteiger charge is -2.34. The molecule has 0 aliphatic heterocycles. The Morgan fingerprint density at radius 1 is 1.22 bits per heavy atom. The van der Waals surface area contributed by atoms with Gasteiger partial charge in [-0.3, -0.25) is 0 Å². The summed E-state index contributed by atoms with van der Waals surface area (Å²) in [5.74, 6) is 2.14. The van der Waals surface area contributed by atoms with Gasteiger partial charge in [0.15, 0.2) is 5.82 Å². The highest BCUT2D eigenvalue weighted by atomic mass is 32.2. The van der Waals surface area contributed by atoms with E-state index in [-0.39, 0.29) is 5.54 Å². The quantitative estimate of drug-likeness (QED) is 0.694. The minimum absolute atomic E-state index is 0.388. The van der Waals surface area contributed by atoms with Crippen molar-refractivity contribution in [3.8, 4) is 11.5 Å². The van der Waals surface area contributed by atoms with Gasteiger partial charge in [0.2, 0.25) is 0 Å². The van der Waals surface area contributed by atoms with E-state index in [1.165, 1.54) is 4.88 Å². The Morgan fingerprint density at radius 2 is 2.09 bits per heavy atom. The highest BCUT2D eigenvalue weighted by molar-refractivity contribution is 7.98. The molecule has 1 aliphatic carbocycles. The van der Waals surface area contributed by atoms with E-state index in [9.17, 15) is 0 Å². The average molecular weight is 343 g/mol. The number of hydrogen-bond donors (Lipinski definition) is 1. The molecule has 0 atom stereocenters. The highest BCUT2D eigenvalue weighted by Crippen LogP contribution is 2.39. The Hall–Kier alpha value is -1.63. The number of thiophene rings is 1. The third kappa shape index (κ3) is 2.94. The Bertz CT molecular complexity index is 794. The molecule has 3 aromatic rings. The van der Waals surface area contributed by atoms with E-state index in [0.29, 0.717) is 11.7 Å². The lowest BCUT2D eigenvalue weighted by atomic mass is 9.77. The maximum Gasteiger partial charge on any atom is 0.259 e. The molecule has 0 spiro atoms. The molecular weight excluding hydrogens is 326 g/mol. The van der Waals surface area contributed by atoms with Crippen LogP contribution in [-0.4, -0.2) is 10.1 Å². The molecule has 118 valence electrons. The first-order valence-electron chi connectivity index (χ1n) is 7.62. The molecule has 1 aromatic carbocycles. The largest absolute Gasteiger partial charge is 0.334 e. The first kappa shape index (κ1) is 14.9. The van der Waals surface area contributed by atoms with Gasteiger partial charge in [-0.15, -0.1) is 23.1 Å². The van der Waals surface area contributed by atoms with E-state index >= 15 is 0 Å². The Morgan fingerprint density at radius 3 is 2.83 bits per heavy atom. The van der Waals surface area contributed by atoms with Gasteiger partial charge in [0, 0.05) is 15.5 Å². The van der Waals surface area contributed by atoms with Crippen LogP contribution in [0.5, 0.6) is 0 Å². The monoisotopic (exact) mass is 343 g/mol. The molecule has 23 heavy (non-hydrogen) atoms. The van der Waals surface area contributed by atoms with Crippen LogP contribution in [0.15, 0.2) is 51.2 Å². The number of nitrogens with two attached hydrogens (primary N) is 1. The summed E-state index contributed by atoms with van der Waals surface area (Å²) in [7, 11) is 0. The summed E-state index contributed by atoms with van der Waals surface area (Å²) < 4.78 is 5.50. The Balaban J connectivity index is 1.59. The zero-order valence-electron chi connectivity index (χ0n) is 12.6. The van der Waals surface area contributed by atoms with E-state index in [2.05, 4.69) is 33.7 Å². The van der Waals surface area contributed by atoms with Crippen LogP contribution in [-0.2, 0) is 11.3 Å². The number of nitrogens with zero attached hydrogens (tertiary/aromatic N) is 2. The molecule has 4 nitrogen and oxygen atoms in total. The van der Waals surface area contributed by atoms with E-state index in [1.54, 1.807) is 23.1 Å².